The normalized spacial score (nSPS) is 20.0. The van der Waals surface area contributed by atoms with Gasteiger partial charge in [0.25, 0.3) is 0 Å². The highest BCUT2D eigenvalue weighted by atomic mass is 35.5. The van der Waals surface area contributed by atoms with Crippen LogP contribution in [0.1, 0.15) is 18.5 Å². The Labute approximate surface area is 103 Å². The molecule has 90 valence electrons. The number of nitrogens with zero attached hydrogens (tertiary/aromatic N) is 3. The van der Waals surface area contributed by atoms with Crippen LogP contribution in [0.4, 0.5) is 5.82 Å². The minimum atomic E-state index is 0. The second kappa shape index (κ2) is 6.01. The molecule has 16 heavy (non-hydrogen) atoms. The predicted octanol–water partition coefficient (Wildman–Crippen LogP) is 1.40. The Hall–Kier alpha value is -0.870. The number of hydrogen-bond acceptors (Lipinski definition) is 4. The maximum atomic E-state index is 4.20. The molecule has 1 atom stereocenters. The third-order valence-electron chi connectivity index (χ3n) is 2.96. The Bertz CT molecular complexity index is 308. The molecule has 0 amide bonds. The van der Waals surface area contributed by atoms with E-state index >= 15 is 0 Å². The zero-order valence-electron chi connectivity index (χ0n) is 9.81. The topological polar surface area (TPSA) is 41.0 Å². The maximum absolute atomic E-state index is 4.20. The van der Waals surface area contributed by atoms with Gasteiger partial charge in [-0.1, -0.05) is 0 Å². The summed E-state index contributed by atoms with van der Waals surface area (Å²) in [5.41, 5.74) is 0.967. The standard InChI is InChI=1S/C11H18N4.ClH/c1-9-5-6-11(14-13-9)15(2)10-4-3-7-12-8-10;/h5-6,10,12H,3-4,7-8H2,1-2H3;1H. The van der Waals surface area contributed by atoms with Crippen molar-refractivity contribution >= 4 is 18.2 Å². The van der Waals surface area contributed by atoms with E-state index in [0.29, 0.717) is 6.04 Å². The van der Waals surface area contributed by atoms with Crippen LogP contribution in [0.5, 0.6) is 0 Å². The van der Waals surface area contributed by atoms with Crippen LogP contribution in [0.15, 0.2) is 12.1 Å². The van der Waals surface area contributed by atoms with Gasteiger partial charge in [-0.25, -0.2) is 0 Å². The lowest BCUT2D eigenvalue weighted by molar-refractivity contribution is 0.442. The number of likely N-dealkylation sites (N-methyl/N-ethyl adjacent to an activating group) is 1. The van der Waals surface area contributed by atoms with Crippen LogP contribution in [0.3, 0.4) is 0 Å². The van der Waals surface area contributed by atoms with Crippen molar-refractivity contribution in [2.45, 2.75) is 25.8 Å². The molecule has 1 aliphatic rings. The van der Waals surface area contributed by atoms with Crippen molar-refractivity contribution in [2.24, 2.45) is 0 Å². The number of anilines is 1. The lowest BCUT2D eigenvalue weighted by atomic mass is 10.1. The minimum absolute atomic E-state index is 0. The highest BCUT2D eigenvalue weighted by molar-refractivity contribution is 5.85. The van der Waals surface area contributed by atoms with Crippen LogP contribution in [0.2, 0.25) is 0 Å². The summed E-state index contributed by atoms with van der Waals surface area (Å²) in [6.07, 6.45) is 2.48. The van der Waals surface area contributed by atoms with Gasteiger partial charge < -0.3 is 10.2 Å². The van der Waals surface area contributed by atoms with Crippen LogP contribution in [0, 0.1) is 6.92 Å². The monoisotopic (exact) mass is 242 g/mol. The number of piperidine rings is 1. The van der Waals surface area contributed by atoms with E-state index in [0.717, 1.165) is 24.6 Å². The summed E-state index contributed by atoms with van der Waals surface area (Å²) in [5, 5.41) is 11.7. The van der Waals surface area contributed by atoms with Crippen molar-refractivity contribution in [2.75, 3.05) is 25.0 Å². The Morgan fingerprint density at radius 3 is 2.75 bits per heavy atom. The minimum Gasteiger partial charge on any atom is -0.354 e. The molecule has 0 aliphatic carbocycles. The Morgan fingerprint density at radius 2 is 2.19 bits per heavy atom. The van der Waals surface area contributed by atoms with Gasteiger partial charge in [0.05, 0.1) is 5.69 Å². The van der Waals surface area contributed by atoms with Crippen LogP contribution < -0.4 is 10.2 Å². The molecule has 2 rings (SSSR count). The van der Waals surface area contributed by atoms with Crippen LogP contribution >= 0.6 is 12.4 Å². The first-order chi connectivity index (χ1) is 7.27. The van der Waals surface area contributed by atoms with Crippen molar-refractivity contribution in [3.8, 4) is 0 Å². The third kappa shape index (κ3) is 3.06. The number of aryl methyl sites for hydroxylation is 1. The quantitative estimate of drug-likeness (QED) is 0.851. The fraction of sp³-hybridized carbons (Fsp3) is 0.636. The van der Waals surface area contributed by atoms with Crippen molar-refractivity contribution in [3.63, 3.8) is 0 Å². The molecule has 5 heteroatoms. The average Bonchev–Trinajstić information content (AvgIpc) is 2.30. The van der Waals surface area contributed by atoms with Crippen molar-refractivity contribution in [1.29, 1.82) is 0 Å². The first-order valence-corrected chi connectivity index (χ1v) is 5.51. The number of hydrogen-bond donors (Lipinski definition) is 1. The van der Waals surface area contributed by atoms with Gasteiger partial charge >= 0.3 is 0 Å². The first kappa shape index (κ1) is 13.2. The molecule has 1 unspecified atom stereocenters. The molecule has 2 heterocycles. The molecule has 0 bridgehead atoms. The predicted molar refractivity (Wildman–Crippen MR) is 68.3 cm³/mol. The number of halogens is 1. The molecular weight excluding hydrogens is 224 g/mol. The molecule has 1 N–H and O–H groups in total. The summed E-state index contributed by atoms with van der Waals surface area (Å²) >= 11 is 0. The van der Waals surface area contributed by atoms with Gasteiger partial charge in [-0.2, -0.15) is 5.10 Å². The van der Waals surface area contributed by atoms with Crippen LogP contribution in [-0.2, 0) is 0 Å². The van der Waals surface area contributed by atoms with Gasteiger partial charge in [0.2, 0.25) is 0 Å². The van der Waals surface area contributed by atoms with E-state index in [9.17, 15) is 0 Å². The highest BCUT2D eigenvalue weighted by Crippen LogP contribution is 2.15. The molecule has 1 aromatic heterocycles. The Morgan fingerprint density at radius 1 is 1.38 bits per heavy atom. The van der Waals surface area contributed by atoms with E-state index in [1.807, 2.05) is 19.1 Å². The molecule has 1 aliphatic heterocycles. The summed E-state index contributed by atoms with van der Waals surface area (Å²) in [7, 11) is 2.09. The van der Waals surface area contributed by atoms with Gasteiger partial charge in [0.15, 0.2) is 5.82 Å². The smallest absolute Gasteiger partial charge is 0.151 e. The average molecular weight is 243 g/mol. The molecule has 1 fully saturated rings. The third-order valence-corrected chi connectivity index (χ3v) is 2.96. The second-order valence-electron chi connectivity index (χ2n) is 4.14. The van der Waals surface area contributed by atoms with Gasteiger partial charge in [0, 0.05) is 19.6 Å². The van der Waals surface area contributed by atoms with E-state index in [-0.39, 0.29) is 12.4 Å². The van der Waals surface area contributed by atoms with Gasteiger partial charge in [-0.15, -0.1) is 17.5 Å². The fourth-order valence-corrected chi connectivity index (χ4v) is 1.93. The number of aromatic nitrogens is 2. The second-order valence-corrected chi connectivity index (χ2v) is 4.14. The molecule has 0 radical (unpaired) electrons. The largest absolute Gasteiger partial charge is 0.354 e. The van der Waals surface area contributed by atoms with Gasteiger partial charge in [-0.3, -0.25) is 0 Å². The molecule has 0 saturated carbocycles. The Balaban J connectivity index is 0.00000128. The molecular formula is C11H19ClN4. The first-order valence-electron chi connectivity index (χ1n) is 5.51. The Kier molecular flexibility index (Phi) is 4.96. The molecule has 4 nitrogen and oxygen atoms in total. The molecule has 0 aromatic carbocycles. The summed E-state index contributed by atoms with van der Waals surface area (Å²) in [6.45, 7) is 4.15. The van der Waals surface area contributed by atoms with Crippen LogP contribution in [0.25, 0.3) is 0 Å². The molecule has 1 aromatic rings. The van der Waals surface area contributed by atoms with E-state index in [1.54, 1.807) is 0 Å². The van der Waals surface area contributed by atoms with Crippen molar-refractivity contribution in [1.82, 2.24) is 15.5 Å². The van der Waals surface area contributed by atoms with E-state index < -0.39 is 0 Å². The zero-order valence-corrected chi connectivity index (χ0v) is 10.6. The van der Waals surface area contributed by atoms with E-state index in [4.69, 9.17) is 0 Å². The summed E-state index contributed by atoms with van der Waals surface area (Å²) < 4.78 is 0. The van der Waals surface area contributed by atoms with Crippen molar-refractivity contribution in [3.05, 3.63) is 17.8 Å². The lowest BCUT2D eigenvalue weighted by Gasteiger charge is -2.32. The molecule has 0 spiro atoms. The van der Waals surface area contributed by atoms with Gasteiger partial charge in [-0.05, 0) is 38.4 Å². The lowest BCUT2D eigenvalue weighted by Crippen LogP contribution is -2.44. The zero-order chi connectivity index (χ0) is 10.7. The number of rotatable bonds is 2. The summed E-state index contributed by atoms with van der Waals surface area (Å²) in [5.74, 6) is 0.967. The van der Waals surface area contributed by atoms with Gasteiger partial charge in [0.1, 0.15) is 0 Å². The fourth-order valence-electron chi connectivity index (χ4n) is 1.93. The van der Waals surface area contributed by atoms with Crippen molar-refractivity contribution < 1.29 is 0 Å². The van der Waals surface area contributed by atoms with E-state index in [2.05, 4.69) is 27.5 Å². The summed E-state index contributed by atoms with van der Waals surface area (Å²) in [6, 6.07) is 4.60. The summed E-state index contributed by atoms with van der Waals surface area (Å²) in [4.78, 5) is 2.22. The molecule has 1 saturated heterocycles. The number of nitrogens with one attached hydrogen (secondary N) is 1. The van der Waals surface area contributed by atoms with Crippen LogP contribution in [-0.4, -0.2) is 36.4 Å². The maximum Gasteiger partial charge on any atom is 0.151 e. The highest BCUT2D eigenvalue weighted by Gasteiger charge is 2.18. The SMILES string of the molecule is Cc1ccc(N(C)C2CCCNC2)nn1.Cl. The van der Waals surface area contributed by atoms with E-state index in [1.165, 1.54) is 12.8 Å².